The van der Waals surface area contributed by atoms with E-state index in [2.05, 4.69) is 5.16 Å². The number of aryl methyl sites for hydroxylation is 1. The highest BCUT2D eigenvalue weighted by Crippen LogP contribution is 2.19. The molecule has 0 amide bonds. The lowest BCUT2D eigenvalue weighted by molar-refractivity contribution is 0.130. The second-order valence-corrected chi connectivity index (χ2v) is 5.04. The van der Waals surface area contributed by atoms with Crippen molar-refractivity contribution in [1.29, 1.82) is 0 Å². The van der Waals surface area contributed by atoms with Crippen LogP contribution in [0.15, 0.2) is 47.6 Å². The highest BCUT2D eigenvalue weighted by atomic mass is 35.5. The van der Waals surface area contributed by atoms with E-state index in [1.165, 1.54) is 5.56 Å². The van der Waals surface area contributed by atoms with Crippen LogP contribution in [-0.4, -0.2) is 5.71 Å². The van der Waals surface area contributed by atoms with E-state index in [-0.39, 0.29) is 0 Å². The molecule has 2 rings (SSSR count). The molecule has 0 spiro atoms. The SMILES string of the molecule is C/C(=N\OCc1ccccc1C)c1cc(Cl)ccc1N. The Morgan fingerprint density at radius 3 is 2.75 bits per heavy atom. The maximum atomic E-state index is 5.96. The maximum absolute atomic E-state index is 5.96. The third-order valence-electron chi connectivity index (χ3n) is 3.09. The molecular weight excluding hydrogens is 272 g/mol. The van der Waals surface area contributed by atoms with Crippen LogP contribution in [0.4, 0.5) is 5.69 Å². The van der Waals surface area contributed by atoms with Crippen LogP contribution >= 0.6 is 11.6 Å². The van der Waals surface area contributed by atoms with Crippen molar-refractivity contribution >= 4 is 23.0 Å². The summed E-state index contributed by atoms with van der Waals surface area (Å²) in [6.07, 6.45) is 0. The highest BCUT2D eigenvalue weighted by molar-refractivity contribution is 6.31. The predicted molar refractivity (Wildman–Crippen MR) is 84.0 cm³/mol. The molecule has 2 aromatic rings. The van der Waals surface area contributed by atoms with Crippen molar-refractivity contribution in [3.8, 4) is 0 Å². The summed E-state index contributed by atoms with van der Waals surface area (Å²) in [6, 6.07) is 13.3. The molecule has 20 heavy (non-hydrogen) atoms. The summed E-state index contributed by atoms with van der Waals surface area (Å²) >= 11 is 5.96. The minimum Gasteiger partial charge on any atom is -0.398 e. The normalized spacial score (nSPS) is 11.4. The number of rotatable bonds is 4. The third kappa shape index (κ3) is 3.52. The molecular formula is C16H17ClN2O. The van der Waals surface area contributed by atoms with Crippen LogP contribution in [0.3, 0.4) is 0 Å². The number of benzene rings is 2. The van der Waals surface area contributed by atoms with Gasteiger partial charge >= 0.3 is 0 Å². The average molecular weight is 289 g/mol. The Morgan fingerprint density at radius 1 is 1.25 bits per heavy atom. The molecule has 0 bridgehead atoms. The van der Waals surface area contributed by atoms with Gasteiger partial charge < -0.3 is 10.6 Å². The van der Waals surface area contributed by atoms with Crippen molar-refractivity contribution in [1.82, 2.24) is 0 Å². The van der Waals surface area contributed by atoms with E-state index in [0.29, 0.717) is 23.0 Å². The fraction of sp³-hybridized carbons (Fsp3) is 0.188. The minimum atomic E-state index is 0.435. The molecule has 0 atom stereocenters. The quantitative estimate of drug-likeness (QED) is 0.521. The van der Waals surface area contributed by atoms with E-state index in [9.17, 15) is 0 Å². The van der Waals surface area contributed by atoms with Gasteiger partial charge in [0.1, 0.15) is 6.61 Å². The standard InChI is InChI=1S/C16H17ClN2O/c1-11-5-3-4-6-13(11)10-20-19-12(2)15-9-14(17)7-8-16(15)18/h3-9H,10,18H2,1-2H3/b19-12+. The van der Waals surface area contributed by atoms with E-state index in [4.69, 9.17) is 22.2 Å². The molecule has 0 aromatic heterocycles. The zero-order valence-electron chi connectivity index (χ0n) is 11.6. The van der Waals surface area contributed by atoms with Crippen molar-refractivity contribution in [2.45, 2.75) is 20.5 Å². The topological polar surface area (TPSA) is 47.6 Å². The van der Waals surface area contributed by atoms with Crippen LogP contribution in [0.25, 0.3) is 0 Å². The lowest BCUT2D eigenvalue weighted by atomic mass is 10.1. The summed E-state index contributed by atoms with van der Waals surface area (Å²) in [5, 5.41) is 4.74. The fourth-order valence-electron chi connectivity index (χ4n) is 1.86. The first-order valence-corrected chi connectivity index (χ1v) is 6.72. The number of nitrogens with zero attached hydrogens (tertiary/aromatic N) is 1. The Hall–Kier alpha value is -2.00. The van der Waals surface area contributed by atoms with Crippen LogP contribution in [-0.2, 0) is 11.4 Å². The Morgan fingerprint density at radius 2 is 2.00 bits per heavy atom. The van der Waals surface area contributed by atoms with Crippen molar-refractivity contribution < 1.29 is 4.84 Å². The van der Waals surface area contributed by atoms with Gasteiger partial charge in [-0.25, -0.2) is 0 Å². The van der Waals surface area contributed by atoms with E-state index in [1.54, 1.807) is 18.2 Å². The summed E-state index contributed by atoms with van der Waals surface area (Å²) in [6.45, 7) is 4.33. The minimum absolute atomic E-state index is 0.435. The Balaban J connectivity index is 2.08. The maximum Gasteiger partial charge on any atom is 0.142 e. The van der Waals surface area contributed by atoms with Gasteiger partial charge in [0.05, 0.1) is 5.71 Å². The summed E-state index contributed by atoms with van der Waals surface area (Å²) in [4.78, 5) is 5.40. The highest BCUT2D eigenvalue weighted by Gasteiger charge is 2.05. The Kier molecular flexibility index (Phi) is 4.64. The smallest absolute Gasteiger partial charge is 0.142 e. The van der Waals surface area contributed by atoms with Crippen molar-refractivity contribution in [2.75, 3.05) is 5.73 Å². The third-order valence-corrected chi connectivity index (χ3v) is 3.32. The fourth-order valence-corrected chi connectivity index (χ4v) is 2.03. The first-order chi connectivity index (χ1) is 9.58. The number of hydrogen-bond acceptors (Lipinski definition) is 3. The van der Waals surface area contributed by atoms with Gasteiger partial charge in [-0.3, -0.25) is 0 Å². The molecule has 0 heterocycles. The average Bonchev–Trinajstić information content (AvgIpc) is 2.43. The first kappa shape index (κ1) is 14.4. The van der Waals surface area contributed by atoms with Crippen LogP contribution in [0.5, 0.6) is 0 Å². The largest absolute Gasteiger partial charge is 0.398 e. The number of anilines is 1. The summed E-state index contributed by atoms with van der Waals surface area (Å²) in [5.41, 5.74) is 10.3. The lowest BCUT2D eigenvalue weighted by Crippen LogP contribution is -2.02. The molecule has 0 saturated carbocycles. The number of halogens is 1. The predicted octanol–water partition coefficient (Wildman–Crippen LogP) is 4.17. The van der Waals surface area contributed by atoms with Crippen LogP contribution in [0.2, 0.25) is 5.02 Å². The number of nitrogen functional groups attached to an aromatic ring is 1. The molecule has 2 aromatic carbocycles. The van der Waals surface area contributed by atoms with Gasteiger partial charge in [-0.15, -0.1) is 0 Å². The van der Waals surface area contributed by atoms with E-state index >= 15 is 0 Å². The van der Waals surface area contributed by atoms with Gasteiger partial charge in [0.2, 0.25) is 0 Å². The number of oxime groups is 1. The first-order valence-electron chi connectivity index (χ1n) is 6.34. The Labute approximate surface area is 124 Å². The second-order valence-electron chi connectivity index (χ2n) is 4.61. The van der Waals surface area contributed by atoms with Gasteiger partial charge in [0.25, 0.3) is 0 Å². The molecule has 104 valence electrons. The van der Waals surface area contributed by atoms with E-state index in [1.807, 2.05) is 38.1 Å². The zero-order chi connectivity index (χ0) is 14.5. The van der Waals surface area contributed by atoms with Crippen molar-refractivity contribution in [3.05, 3.63) is 64.2 Å². The summed E-state index contributed by atoms with van der Waals surface area (Å²) in [7, 11) is 0. The molecule has 4 heteroatoms. The van der Waals surface area contributed by atoms with Gasteiger partial charge in [0, 0.05) is 16.3 Å². The Bertz CT molecular complexity index is 638. The second kappa shape index (κ2) is 6.44. The van der Waals surface area contributed by atoms with Gasteiger partial charge in [-0.1, -0.05) is 41.0 Å². The van der Waals surface area contributed by atoms with Crippen molar-refractivity contribution in [2.24, 2.45) is 5.16 Å². The zero-order valence-corrected chi connectivity index (χ0v) is 12.3. The van der Waals surface area contributed by atoms with E-state index in [0.717, 1.165) is 11.1 Å². The monoisotopic (exact) mass is 288 g/mol. The molecule has 0 radical (unpaired) electrons. The van der Waals surface area contributed by atoms with E-state index < -0.39 is 0 Å². The lowest BCUT2D eigenvalue weighted by Gasteiger charge is -2.07. The molecule has 0 fully saturated rings. The van der Waals surface area contributed by atoms with Crippen LogP contribution in [0.1, 0.15) is 23.6 Å². The van der Waals surface area contributed by atoms with Crippen LogP contribution in [0, 0.1) is 6.92 Å². The number of nitrogens with two attached hydrogens (primary N) is 1. The number of hydrogen-bond donors (Lipinski definition) is 1. The molecule has 2 N–H and O–H groups in total. The molecule has 0 aliphatic heterocycles. The molecule has 0 aliphatic rings. The molecule has 0 unspecified atom stereocenters. The molecule has 0 aliphatic carbocycles. The molecule has 3 nitrogen and oxygen atoms in total. The summed E-state index contributed by atoms with van der Waals surface area (Å²) < 4.78 is 0. The van der Waals surface area contributed by atoms with Crippen molar-refractivity contribution in [3.63, 3.8) is 0 Å². The van der Waals surface area contributed by atoms with Gasteiger partial charge in [-0.2, -0.15) is 0 Å². The van der Waals surface area contributed by atoms with Gasteiger partial charge in [-0.05, 0) is 43.2 Å². The summed E-state index contributed by atoms with van der Waals surface area (Å²) in [5.74, 6) is 0. The van der Waals surface area contributed by atoms with Gasteiger partial charge in [0.15, 0.2) is 0 Å². The molecule has 0 saturated heterocycles. The van der Waals surface area contributed by atoms with Crippen LogP contribution < -0.4 is 5.73 Å².